The van der Waals surface area contributed by atoms with E-state index in [-0.39, 0.29) is 0 Å². The van der Waals surface area contributed by atoms with Crippen LogP contribution in [0.4, 0.5) is 0 Å². The van der Waals surface area contributed by atoms with Gasteiger partial charge in [-0.25, -0.2) is 0 Å². The second-order valence-corrected chi connectivity index (χ2v) is 5.65. The van der Waals surface area contributed by atoms with Crippen molar-refractivity contribution >= 4 is 0 Å². The summed E-state index contributed by atoms with van der Waals surface area (Å²) < 4.78 is 6.19. The Morgan fingerprint density at radius 1 is 1.21 bits per heavy atom. The van der Waals surface area contributed by atoms with Crippen LogP contribution in [0.2, 0.25) is 0 Å². The van der Waals surface area contributed by atoms with E-state index in [9.17, 15) is 0 Å². The topological polar surface area (TPSA) is 21.3 Å². The molecule has 0 bridgehead atoms. The number of hydrogen-bond acceptors (Lipinski definition) is 2. The van der Waals surface area contributed by atoms with Crippen molar-refractivity contribution in [1.82, 2.24) is 5.32 Å². The van der Waals surface area contributed by atoms with E-state index >= 15 is 0 Å². The summed E-state index contributed by atoms with van der Waals surface area (Å²) in [5.74, 6) is 0.772. The maximum absolute atomic E-state index is 6.19. The predicted molar refractivity (Wildman–Crippen MR) is 80.0 cm³/mol. The van der Waals surface area contributed by atoms with E-state index in [1.54, 1.807) is 0 Å². The number of benzene rings is 1. The molecule has 2 unspecified atom stereocenters. The largest absolute Gasteiger partial charge is 0.373 e. The standard InChI is InChI=1S/C17H27NO/c1-3-16-9-4-5-10-17(16)19-13-15-8-6-7-14(11-15)12-18-2/h6-8,11,16-18H,3-5,9-10,12-13H2,1-2H3. The van der Waals surface area contributed by atoms with Gasteiger partial charge in [0.05, 0.1) is 12.7 Å². The van der Waals surface area contributed by atoms with Crippen LogP contribution in [0.3, 0.4) is 0 Å². The molecule has 0 saturated heterocycles. The van der Waals surface area contributed by atoms with Crippen molar-refractivity contribution in [2.45, 2.75) is 58.3 Å². The lowest BCUT2D eigenvalue weighted by Crippen LogP contribution is -2.27. The third-order valence-electron chi connectivity index (χ3n) is 4.20. The molecule has 0 radical (unpaired) electrons. The average molecular weight is 261 g/mol. The van der Waals surface area contributed by atoms with Gasteiger partial charge in [0.2, 0.25) is 0 Å². The molecule has 1 aliphatic carbocycles. The number of nitrogens with one attached hydrogen (secondary N) is 1. The van der Waals surface area contributed by atoms with Crippen LogP contribution in [0.1, 0.15) is 50.2 Å². The Labute approximate surface area is 117 Å². The van der Waals surface area contributed by atoms with E-state index < -0.39 is 0 Å². The van der Waals surface area contributed by atoms with Crippen molar-refractivity contribution in [3.05, 3.63) is 35.4 Å². The summed E-state index contributed by atoms with van der Waals surface area (Å²) in [4.78, 5) is 0. The third kappa shape index (κ3) is 4.32. The normalized spacial score (nSPS) is 23.5. The fourth-order valence-electron chi connectivity index (χ4n) is 3.10. The van der Waals surface area contributed by atoms with Gasteiger partial charge in [-0.3, -0.25) is 0 Å². The van der Waals surface area contributed by atoms with Gasteiger partial charge in [0.25, 0.3) is 0 Å². The lowest BCUT2D eigenvalue weighted by Gasteiger charge is -2.30. The molecular weight excluding hydrogens is 234 g/mol. The maximum atomic E-state index is 6.19. The van der Waals surface area contributed by atoms with Gasteiger partial charge in [-0.05, 0) is 36.9 Å². The van der Waals surface area contributed by atoms with E-state index in [2.05, 4.69) is 36.5 Å². The summed E-state index contributed by atoms with van der Waals surface area (Å²) in [6, 6.07) is 8.71. The predicted octanol–water partition coefficient (Wildman–Crippen LogP) is 3.89. The van der Waals surface area contributed by atoms with Crippen molar-refractivity contribution in [3.8, 4) is 0 Å². The van der Waals surface area contributed by atoms with Crippen LogP contribution in [0.25, 0.3) is 0 Å². The monoisotopic (exact) mass is 261 g/mol. The van der Waals surface area contributed by atoms with Crippen molar-refractivity contribution < 1.29 is 4.74 Å². The molecule has 19 heavy (non-hydrogen) atoms. The van der Waals surface area contributed by atoms with Crippen molar-refractivity contribution in [2.24, 2.45) is 5.92 Å². The molecule has 2 atom stereocenters. The molecule has 0 aliphatic heterocycles. The summed E-state index contributed by atoms with van der Waals surface area (Å²) in [5, 5.41) is 3.19. The van der Waals surface area contributed by atoms with Gasteiger partial charge < -0.3 is 10.1 Å². The van der Waals surface area contributed by atoms with Gasteiger partial charge in [-0.2, -0.15) is 0 Å². The molecule has 0 spiro atoms. The van der Waals surface area contributed by atoms with Gasteiger partial charge in [0.1, 0.15) is 0 Å². The Balaban J connectivity index is 1.88. The highest BCUT2D eigenvalue weighted by Crippen LogP contribution is 2.29. The molecule has 2 heteroatoms. The smallest absolute Gasteiger partial charge is 0.0720 e. The molecule has 1 aliphatic rings. The average Bonchev–Trinajstić information content (AvgIpc) is 2.46. The lowest BCUT2D eigenvalue weighted by molar-refractivity contribution is -0.0222. The van der Waals surface area contributed by atoms with Gasteiger partial charge in [-0.15, -0.1) is 0 Å². The zero-order chi connectivity index (χ0) is 13.5. The van der Waals surface area contributed by atoms with Crippen LogP contribution in [0.15, 0.2) is 24.3 Å². The van der Waals surface area contributed by atoms with E-state index in [0.717, 1.165) is 19.1 Å². The molecule has 2 rings (SSSR count). The molecule has 0 amide bonds. The molecule has 1 aromatic rings. The maximum Gasteiger partial charge on any atom is 0.0720 e. The quantitative estimate of drug-likeness (QED) is 0.838. The molecule has 1 fully saturated rings. The molecule has 0 aromatic heterocycles. The molecule has 106 valence electrons. The third-order valence-corrected chi connectivity index (χ3v) is 4.20. The van der Waals surface area contributed by atoms with Crippen molar-refractivity contribution in [3.63, 3.8) is 0 Å². The second kappa shape index (κ2) is 7.66. The zero-order valence-corrected chi connectivity index (χ0v) is 12.3. The molecular formula is C17H27NO. The Bertz CT molecular complexity index is 377. The molecule has 1 aromatic carbocycles. The van der Waals surface area contributed by atoms with E-state index in [1.807, 2.05) is 7.05 Å². The summed E-state index contributed by atoms with van der Waals surface area (Å²) in [7, 11) is 1.98. The van der Waals surface area contributed by atoms with Crippen LogP contribution >= 0.6 is 0 Å². The van der Waals surface area contributed by atoms with Crippen molar-refractivity contribution in [1.29, 1.82) is 0 Å². The first-order valence-corrected chi connectivity index (χ1v) is 7.67. The van der Waals surface area contributed by atoms with E-state index in [0.29, 0.717) is 6.10 Å². The van der Waals surface area contributed by atoms with E-state index in [1.165, 1.54) is 43.2 Å². The Kier molecular flexibility index (Phi) is 5.87. The Morgan fingerprint density at radius 2 is 2.00 bits per heavy atom. The SMILES string of the molecule is CCC1CCCCC1OCc1cccc(CNC)c1. The second-order valence-electron chi connectivity index (χ2n) is 5.65. The summed E-state index contributed by atoms with van der Waals surface area (Å²) in [5.41, 5.74) is 2.63. The Morgan fingerprint density at radius 3 is 2.79 bits per heavy atom. The van der Waals surface area contributed by atoms with Crippen LogP contribution < -0.4 is 5.32 Å². The zero-order valence-electron chi connectivity index (χ0n) is 12.3. The molecule has 1 saturated carbocycles. The number of ether oxygens (including phenoxy) is 1. The molecule has 0 heterocycles. The first-order valence-electron chi connectivity index (χ1n) is 7.67. The minimum absolute atomic E-state index is 0.478. The number of rotatable bonds is 6. The first-order chi connectivity index (χ1) is 9.33. The molecule has 1 N–H and O–H groups in total. The lowest BCUT2D eigenvalue weighted by atomic mass is 9.85. The van der Waals surface area contributed by atoms with Crippen LogP contribution in [-0.4, -0.2) is 13.2 Å². The summed E-state index contributed by atoms with van der Waals surface area (Å²) in [6.07, 6.45) is 7.05. The fourth-order valence-corrected chi connectivity index (χ4v) is 3.10. The van der Waals surface area contributed by atoms with Gasteiger partial charge >= 0.3 is 0 Å². The van der Waals surface area contributed by atoms with Crippen LogP contribution in [0, 0.1) is 5.92 Å². The van der Waals surface area contributed by atoms with Crippen LogP contribution in [-0.2, 0) is 17.9 Å². The minimum atomic E-state index is 0.478. The highest BCUT2D eigenvalue weighted by molar-refractivity contribution is 5.22. The van der Waals surface area contributed by atoms with Gasteiger partial charge in [-0.1, -0.05) is 50.5 Å². The Hall–Kier alpha value is -0.860. The minimum Gasteiger partial charge on any atom is -0.373 e. The first kappa shape index (κ1) is 14.5. The molecule has 2 nitrogen and oxygen atoms in total. The highest BCUT2D eigenvalue weighted by atomic mass is 16.5. The highest BCUT2D eigenvalue weighted by Gasteiger charge is 2.24. The fraction of sp³-hybridized carbons (Fsp3) is 0.647. The summed E-state index contributed by atoms with van der Waals surface area (Å²) >= 11 is 0. The summed E-state index contributed by atoms with van der Waals surface area (Å²) in [6.45, 7) is 3.98. The number of hydrogen-bond donors (Lipinski definition) is 1. The van der Waals surface area contributed by atoms with Crippen LogP contribution in [0.5, 0.6) is 0 Å². The van der Waals surface area contributed by atoms with Crippen molar-refractivity contribution in [2.75, 3.05) is 7.05 Å². The van der Waals surface area contributed by atoms with Gasteiger partial charge in [0, 0.05) is 6.54 Å². The van der Waals surface area contributed by atoms with Gasteiger partial charge in [0.15, 0.2) is 0 Å². The van der Waals surface area contributed by atoms with E-state index in [4.69, 9.17) is 4.74 Å².